The molecule has 0 aliphatic heterocycles. The number of hydrogen-bond acceptors (Lipinski definition) is 6. The van der Waals surface area contributed by atoms with E-state index in [0.29, 0.717) is 16.5 Å². The van der Waals surface area contributed by atoms with Crippen LogP contribution >= 0.6 is 11.3 Å². The molecule has 0 bridgehead atoms. The van der Waals surface area contributed by atoms with Crippen molar-refractivity contribution in [2.75, 3.05) is 10.6 Å². The first-order chi connectivity index (χ1) is 18.2. The molecule has 0 aliphatic rings. The Morgan fingerprint density at radius 3 is 2.59 bits per heavy atom. The van der Waals surface area contributed by atoms with Crippen molar-refractivity contribution >= 4 is 40.1 Å². The molecular formula is C29H22N6OS. The lowest BCUT2D eigenvalue weighted by Gasteiger charge is -2.09. The van der Waals surface area contributed by atoms with E-state index in [1.165, 1.54) is 11.3 Å². The summed E-state index contributed by atoms with van der Waals surface area (Å²) in [5.41, 5.74) is 6.76. The number of nitrogens with zero attached hydrogens (tertiary/aromatic N) is 4. The third-order valence-corrected chi connectivity index (χ3v) is 6.96. The van der Waals surface area contributed by atoms with Gasteiger partial charge in [-0.1, -0.05) is 36.4 Å². The molecule has 2 N–H and O–H groups in total. The van der Waals surface area contributed by atoms with E-state index in [2.05, 4.69) is 15.6 Å². The maximum atomic E-state index is 12.8. The topological polar surface area (TPSA) is 84.2 Å². The van der Waals surface area contributed by atoms with Gasteiger partial charge in [-0.3, -0.25) is 4.79 Å². The van der Waals surface area contributed by atoms with Crippen LogP contribution in [0.2, 0.25) is 0 Å². The number of anilines is 3. The van der Waals surface area contributed by atoms with Crippen molar-refractivity contribution in [1.29, 1.82) is 0 Å². The average Bonchev–Trinajstić information content (AvgIpc) is 3.53. The van der Waals surface area contributed by atoms with Crippen LogP contribution < -0.4 is 10.6 Å². The van der Waals surface area contributed by atoms with Gasteiger partial charge in [0.1, 0.15) is 5.69 Å². The van der Waals surface area contributed by atoms with Crippen molar-refractivity contribution in [1.82, 2.24) is 19.6 Å². The van der Waals surface area contributed by atoms with Crippen molar-refractivity contribution < 1.29 is 4.79 Å². The Morgan fingerprint density at radius 2 is 1.76 bits per heavy atom. The summed E-state index contributed by atoms with van der Waals surface area (Å²) < 4.78 is 1.84. The third-order valence-electron chi connectivity index (χ3n) is 5.94. The minimum atomic E-state index is -0.118. The number of benzene rings is 2. The smallest absolute Gasteiger partial charge is 0.265 e. The number of aromatic nitrogens is 4. The fourth-order valence-corrected chi connectivity index (χ4v) is 5.02. The van der Waals surface area contributed by atoms with Gasteiger partial charge >= 0.3 is 0 Å². The van der Waals surface area contributed by atoms with Gasteiger partial charge in [-0.25, -0.2) is 14.5 Å². The maximum absolute atomic E-state index is 12.8. The molecular weight excluding hydrogens is 480 g/mol. The number of thiophene rings is 1. The number of pyridine rings is 1. The summed E-state index contributed by atoms with van der Waals surface area (Å²) in [4.78, 5) is 22.7. The molecule has 8 heteroatoms. The minimum Gasteiger partial charge on any atom is -0.324 e. The zero-order valence-electron chi connectivity index (χ0n) is 19.9. The van der Waals surface area contributed by atoms with Gasteiger partial charge in [-0.05, 0) is 66.4 Å². The highest BCUT2D eigenvalue weighted by Gasteiger charge is 2.19. The van der Waals surface area contributed by atoms with Crippen molar-refractivity contribution in [3.63, 3.8) is 0 Å². The Bertz CT molecular complexity index is 1720. The normalized spacial score (nSPS) is 10.9. The molecule has 0 atom stereocenters. The third kappa shape index (κ3) is 4.57. The minimum absolute atomic E-state index is 0.118. The molecule has 37 heavy (non-hydrogen) atoms. The van der Waals surface area contributed by atoms with Gasteiger partial charge in [0.25, 0.3) is 5.91 Å². The van der Waals surface area contributed by atoms with Crippen molar-refractivity contribution in [3.05, 3.63) is 113 Å². The molecule has 7 nitrogen and oxygen atoms in total. The predicted octanol–water partition coefficient (Wildman–Crippen LogP) is 6.82. The molecule has 6 aromatic rings. The number of amides is 1. The van der Waals surface area contributed by atoms with E-state index >= 15 is 0 Å². The molecule has 1 amide bonds. The lowest BCUT2D eigenvalue weighted by atomic mass is 10.0. The number of para-hydroxylation sites is 1. The summed E-state index contributed by atoms with van der Waals surface area (Å²) in [6, 6.07) is 27.3. The van der Waals surface area contributed by atoms with Crippen LogP contribution in [0, 0.1) is 6.92 Å². The highest BCUT2D eigenvalue weighted by Crippen LogP contribution is 2.35. The largest absolute Gasteiger partial charge is 0.324 e. The Morgan fingerprint density at radius 1 is 0.919 bits per heavy atom. The monoisotopic (exact) mass is 502 g/mol. The highest BCUT2D eigenvalue weighted by molar-refractivity contribution is 7.12. The van der Waals surface area contributed by atoms with E-state index in [1.807, 2.05) is 108 Å². The number of carbonyl (C=O) groups excluding carboxylic acids is 1. The Kier molecular flexibility index (Phi) is 5.92. The standard InChI is InChI=1S/C29H22N6OS/c1-19-14-17-37-27(19)28(36)31-22-11-7-8-20(18-22)26-25(24-12-5-6-16-35(24)34-26)23-13-15-30-29(33-23)32-21-9-3-2-4-10-21/h2-18H,1H3,(H,31,36)(H,30,32,33). The van der Waals surface area contributed by atoms with Crippen molar-refractivity contribution in [2.45, 2.75) is 6.92 Å². The van der Waals surface area contributed by atoms with Crippen LogP contribution in [0.5, 0.6) is 0 Å². The molecule has 0 fully saturated rings. The van der Waals surface area contributed by atoms with Crippen molar-refractivity contribution in [2.24, 2.45) is 0 Å². The van der Waals surface area contributed by atoms with Crippen LogP contribution in [0.25, 0.3) is 28.0 Å². The summed E-state index contributed by atoms with van der Waals surface area (Å²) in [6.07, 6.45) is 3.65. The van der Waals surface area contributed by atoms with E-state index in [-0.39, 0.29) is 5.91 Å². The van der Waals surface area contributed by atoms with Gasteiger partial charge in [0.05, 0.1) is 21.7 Å². The van der Waals surface area contributed by atoms with Gasteiger partial charge in [-0.15, -0.1) is 11.3 Å². The van der Waals surface area contributed by atoms with Crippen molar-refractivity contribution in [3.8, 4) is 22.5 Å². The molecule has 0 unspecified atom stereocenters. The number of rotatable bonds is 6. The van der Waals surface area contributed by atoms with E-state index in [9.17, 15) is 4.79 Å². The molecule has 6 rings (SSSR count). The molecule has 0 spiro atoms. The zero-order chi connectivity index (χ0) is 25.2. The van der Waals surface area contributed by atoms with Gasteiger partial charge in [0.15, 0.2) is 0 Å². The number of fused-ring (bicyclic) bond motifs is 1. The summed E-state index contributed by atoms with van der Waals surface area (Å²) >= 11 is 1.43. The number of nitrogens with one attached hydrogen (secondary N) is 2. The molecule has 0 radical (unpaired) electrons. The predicted molar refractivity (Wildman–Crippen MR) is 148 cm³/mol. The van der Waals surface area contributed by atoms with E-state index in [4.69, 9.17) is 10.1 Å². The second-order valence-electron chi connectivity index (χ2n) is 8.48. The Labute approximate surface area is 217 Å². The first-order valence-electron chi connectivity index (χ1n) is 11.7. The molecule has 180 valence electrons. The van der Waals surface area contributed by atoms with E-state index in [0.717, 1.165) is 39.3 Å². The fourth-order valence-electron chi connectivity index (χ4n) is 4.20. The van der Waals surface area contributed by atoms with Crippen LogP contribution in [0.15, 0.2) is 103 Å². The molecule has 0 aliphatic carbocycles. The molecule has 0 saturated heterocycles. The molecule has 4 aromatic heterocycles. The van der Waals surface area contributed by atoms with Crippen LogP contribution in [-0.4, -0.2) is 25.5 Å². The second-order valence-corrected chi connectivity index (χ2v) is 9.39. The molecule has 4 heterocycles. The van der Waals surface area contributed by atoms with Gasteiger partial charge < -0.3 is 10.6 Å². The Hall–Kier alpha value is -4.82. The highest BCUT2D eigenvalue weighted by atomic mass is 32.1. The van der Waals surface area contributed by atoms with Gasteiger partial charge in [0, 0.05) is 29.3 Å². The quantitative estimate of drug-likeness (QED) is 0.261. The van der Waals surface area contributed by atoms with Crippen LogP contribution in [0.4, 0.5) is 17.3 Å². The SMILES string of the molecule is Cc1ccsc1C(=O)Nc1cccc(-c2nn3ccccc3c2-c2ccnc(Nc3ccccc3)n2)c1. The summed E-state index contributed by atoms with van der Waals surface area (Å²) in [6.45, 7) is 1.94. The number of carbonyl (C=O) groups is 1. The van der Waals surface area contributed by atoms with E-state index in [1.54, 1.807) is 6.20 Å². The lowest BCUT2D eigenvalue weighted by Crippen LogP contribution is -2.11. The summed E-state index contributed by atoms with van der Waals surface area (Å²) in [5.74, 6) is 0.379. The number of hydrogen-bond donors (Lipinski definition) is 2. The van der Waals surface area contributed by atoms with Gasteiger partial charge in [-0.2, -0.15) is 5.10 Å². The fraction of sp³-hybridized carbons (Fsp3) is 0.0345. The molecule has 2 aromatic carbocycles. The average molecular weight is 503 g/mol. The van der Waals surface area contributed by atoms with Gasteiger partial charge in [0.2, 0.25) is 5.95 Å². The zero-order valence-corrected chi connectivity index (χ0v) is 20.7. The van der Waals surface area contributed by atoms with Crippen LogP contribution in [0.1, 0.15) is 15.2 Å². The summed E-state index contributed by atoms with van der Waals surface area (Å²) in [5, 5.41) is 13.1. The Balaban J connectivity index is 1.41. The first kappa shape index (κ1) is 22.6. The lowest BCUT2D eigenvalue weighted by molar-refractivity contribution is 0.103. The summed E-state index contributed by atoms with van der Waals surface area (Å²) in [7, 11) is 0. The molecule has 0 saturated carbocycles. The van der Waals surface area contributed by atoms with Crippen LogP contribution in [0.3, 0.4) is 0 Å². The maximum Gasteiger partial charge on any atom is 0.265 e. The first-order valence-corrected chi connectivity index (χ1v) is 12.6. The van der Waals surface area contributed by atoms with Crippen LogP contribution in [-0.2, 0) is 0 Å². The van der Waals surface area contributed by atoms with E-state index < -0.39 is 0 Å². The second kappa shape index (κ2) is 9.67. The number of aryl methyl sites for hydroxylation is 1.